The Hall–Kier alpha value is -0.590. The van der Waals surface area contributed by atoms with Crippen molar-refractivity contribution >= 4 is 5.78 Å². The van der Waals surface area contributed by atoms with Crippen molar-refractivity contribution in [3.63, 3.8) is 0 Å². The molecule has 0 aromatic heterocycles. The highest BCUT2D eigenvalue weighted by molar-refractivity contribution is 5.87. The maximum Gasteiger partial charge on any atom is 0.139 e. The van der Waals surface area contributed by atoms with Gasteiger partial charge < -0.3 is 0 Å². The van der Waals surface area contributed by atoms with Crippen LogP contribution < -0.4 is 0 Å². The molecule has 0 saturated heterocycles. The van der Waals surface area contributed by atoms with Crippen LogP contribution in [-0.4, -0.2) is 5.78 Å². The second-order valence-electron chi connectivity index (χ2n) is 8.45. The number of hydrogen-bond donors (Lipinski definition) is 0. The molecular formula is C19H28O. The number of allylic oxidation sites excluding steroid dienone is 2. The average molecular weight is 272 g/mol. The van der Waals surface area contributed by atoms with E-state index >= 15 is 0 Å². The van der Waals surface area contributed by atoms with Gasteiger partial charge in [0.15, 0.2) is 0 Å². The third kappa shape index (κ3) is 1.53. The molecule has 0 aromatic carbocycles. The minimum absolute atomic E-state index is 0.0505. The molecule has 0 aliphatic heterocycles. The Balaban J connectivity index is 1.68. The first-order valence-electron chi connectivity index (χ1n) is 8.76. The highest BCUT2D eigenvalue weighted by Gasteiger charge is 2.59. The smallest absolute Gasteiger partial charge is 0.139 e. The first-order valence-corrected chi connectivity index (χ1v) is 8.76. The summed E-state index contributed by atoms with van der Waals surface area (Å²) >= 11 is 0. The van der Waals surface area contributed by atoms with E-state index in [-0.39, 0.29) is 5.41 Å². The van der Waals surface area contributed by atoms with Gasteiger partial charge in [0.1, 0.15) is 5.78 Å². The Morgan fingerprint density at radius 1 is 1.05 bits per heavy atom. The Bertz CT molecular complexity index is 464. The van der Waals surface area contributed by atoms with Gasteiger partial charge >= 0.3 is 0 Å². The van der Waals surface area contributed by atoms with Gasteiger partial charge in [0.25, 0.3) is 0 Å². The van der Waals surface area contributed by atoms with Crippen LogP contribution in [0.4, 0.5) is 0 Å². The first kappa shape index (κ1) is 13.1. The summed E-state index contributed by atoms with van der Waals surface area (Å²) < 4.78 is 0. The van der Waals surface area contributed by atoms with Gasteiger partial charge in [-0.05, 0) is 74.0 Å². The predicted octanol–water partition coefficient (Wildman–Crippen LogP) is 4.76. The lowest BCUT2D eigenvalue weighted by Gasteiger charge is -2.58. The summed E-state index contributed by atoms with van der Waals surface area (Å²) in [6.45, 7) is 4.86. The summed E-state index contributed by atoms with van der Waals surface area (Å²) in [4.78, 5) is 12.4. The predicted molar refractivity (Wildman–Crippen MR) is 81.3 cm³/mol. The molecule has 0 heterocycles. The van der Waals surface area contributed by atoms with Crippen molar-refractivity contribution < 1.29 is 4.79 Å². The van der Waals surface area contributed by atoms with Crippen molar-refractivity contribution in [1.82, 2.24) is 0 Å². The van der Waals surface area contributed by atoms with E-state index in [0.29, 0.717) is 17.1 Å². The average Bonchev–Trinajstić information content (AvgIpc) is 2.74. The summed E-state index contributed by atoms with van der Waals surface area (Å²) in [6, 6.07) is 0. The number of rotatable bonds is 0. The molecule has 4 aliphatic rings. The maximum absolute atomic E-state index is 12.4. The summed E-state index contributed by atoms with van der Waals surface area (Å²) in [5.41, 5.74) is 0.583. The van der Waals surface area contributed by atoms with Crippen LogP contribution in [0.5, 0.6) is 0 Å². The molecule has 1 heteroatoms. The molecule has 3 saturated carbocycles. The van der Waals surface area contributed by atoms with Crippen LogP contribution in [0.2, 0.25) is 0 Å². The van der Waals surface area contributed by atoms with E-state index in [0.717, 1.165) is 24.2 Å². The van der Waals surface area contributed by atoms with E-state index in [1.54, 1.807) is 0 Å². The molecule has 0 N–H and O–H groups in total. The van der Waals surface area contributed by atoms with Crippen molar-refractivity contribution in [2.45, 2.75) is 65.2 Å². The second-order valence-corrected chi connectivity index (χ2v) is 8.45. The van der Waals surface area contributed by atoms with Gasteiger partial charge in [-0.25, -0.2) is 0 Å². The zero-order chi connectivity index (χ0) is 14.0. The Morgan fingerprint density at radius 3 is 2.75 bits per heavy atom. The number of fused-ring (bicyclic) bond motifs is 5. The molecule has 3 fully saturated rings. The van der Waals surface area contributed by atoms with Gasteiger partial charge in [-0.3, -0.25) is 4.79 Å². The van der Waals surface area contributed by atoms with Crippen LogP contribution in [-0.2, 0) is 4.79 Å². The third-order valence-electron chi connectivity index (χ3n) is 7.87. The zero-order valence-electron chi connectivity index (χ0n) is 13.0. The van der Waals surface area contributed by atoms with Crippen LogP contribution in [0, 0.1) is 34.5 Å². The van der Waals surface area contributed by atoms with Crippen molar-refractivity contribution in [1.29, 1.82) is 0 Å². The van der Waals surface area contributed by atoms with E-state index in [1.807, 2.05) is 0 Å². The highest BCUT2D eigenvalue weighted by Crippen LogP contribution is 2.64. The molecule has 0 radical (unpaired) electrons. The highest BCUT2D eigenvalue weighted by atomic mass is 16.1. The van der Waals surface area contributed by atoms with E-state index in [1.165, 1.54) is 44.9 Å². The van der Waals surface area contributed by atoms with Gasteiger partial charge in [0, 0.05) is 11.8 Å². The normalized spacial score (nSPS) is 54.2. The molecule has 0 bridgehead atoms. The van der Waals surface area contributed by atoms with Crippen LogP contribution in [0.3, 0.4) is 0 Å². The lowest BCUT2D eigenvalue weighted by atomic mass is 9.46. The Kier molecular flexibility index (Phi) is 2.76. The molecule has 6 atom stereocenters. The molecule has 110 valence electrons. The topological polar surface area (TPSA) is 17.1 Å². The van der Waals surface area contributed by atoms with Gasteiger partial charge in [0.05, 0.1) is 0 Å². The third-order valence-corrected chi connectivity index (χ3v) is 7.87. The van der Waals surface area contributed by atoms with Crippen molar-refractivity contribution in [3.8, 4) is 0 Å². The minimum atomic E-state index is 0.0505. The monoisotopic (exact) mass is 272 g/mol. The van der Waals surface area contributed by atoms with Crippen LogP contribution in [0.1, 0.15) is 65.2 Å². The first-order chi connectivity index (χ1) is 9.56. The fraction of sp³-hybridized carbons (Fsp3) is 0.842. The zero-order valence-corrected chi connectivity index (χ0v) is 13.0. The maximum atomic E-state index is 12.4. The van der Waals surface area contributed by atoms with Crippen LogP contribution in [0.25, 0.3) is 0 Å². The van der Waals surface area contributed by atoms with Crippen LogP contribution in [0.15, 0.2) is 12.2 Å². The number of carbonyl (C=O) groups excluding carboxylic acids is 1. The van der Waals surface area contributed by atoms with E-state index in [2.05, 4.69) is 26.0 Å². The molecule has 0 aromatic rings. The van der Waals surface area contributed by atoms with Gasteiger partial charge in [0.2, 0.25) is 0 Å². The molecule has 1 nitrogen and oxygen atoms in total. The summed E-state index contributed by atoms with van der Waals surface area (Å²) in [6.07, 6.45) is 14.9. The molecule has 4 aliphatic carbocycles. The second kappa shape index (κ2) is 4.21. The van der Waals surface area contributed by atoms with Gasteiger partial charge in [-0.2, -0.15) is 0 Å². The summed E-state index contributed by atoms with van der Waals surface area (Å²) in [7, 11) is 0. The molecule has 1 unspecified atom stereocenters. The quantitative estimate of drug-likeness (QED) is 0.581. The number of hydrogen-bond acceptors (Lipinski definition) is 1. The van der Waals surface area contributed by atoms with E-state index < -0.39 is 0 Å². The van der Waals surface area contributed by atoms with Gasteiger partial charge in [-0.1, -0.05) is 26.0 Å². The number of carbonyl (C=O) groups is 1. The number of Topliss-reactive ketones (excluding diaryl/α,β-unsaturated/α-hetero) is 1. The van der Waals surface area contributed by atoms with Crippen LogP contribution >= 0.6 is 0 Å². The largest absolute Gasteiger partial charge is 0.299 e. The summed E-state index contributed by atoms with van der Waals surface area (Å²) in [5.74, 6) is 3.83. The Labute approximate surface area is 123 Å². The van der Waals surface area contributed by atoms with Gasteiger partial charge in [-0.15, -0.1) is 0 Å². The molecule has 4 rings (SSSR count). The van der Waals surface area contributed by atoms with E-state index in [4.69, 9.17) is 0 Å². The molecule has 0 spiro atoms. The standard InChI is InChI=1S/C19H28O/c1-18-11-4-3-5-13(18)6-7-14-15-8-9-17(20)19(15,2)12-10-16(14)18/h3,5,13-16H,4,6-12H2,1-2H3/t13?,14-,15-,16-,18-,19-/m0/s1. The van der Waals surface area contributed by atoms with Crippen molar-refractivity contribution in [3.05, 3.63) is 12.2 Å². The fourth-order valence-electron chi connectivity index (χ4n) is 6.60. The lowest BCUT2D eigenvalue weighted by molar-refractivity contribution is -0.135. The van der Waals surface area contributed by atoms with E-state index in [9.17, 15) is 4.79 Å². The van der Waals surface area contributed by atoms with Crippen molar-refractivity contribution in [2.24, 2.45) is 34.5 Å². The summed E-state index contributed by atoms with van der Waals surface area (Å²) in [5, 5.41) is 0. The molecule has 20 heavy (non-hydrogen) atoms. The fourth-order valence-corrected chi connectivity index (χ4v) is 6.60. The lowest BCUT2D eigenvalue weighted by Crippen LogP contribution is -2.52. The molecule has 0 amide bonds. The minimum Gasteiger partial charge on any atom is -0.299 e. The molecular weight excluding hydrogens is 244 g/mol. The van der Waals surface area contributed by atoms with Crippen molar-refractivity contribution in [2.75, 3.05) is 0 Å². The Morgan fingerprint density at radius 2 is 1.90 bits per heavy atom. The number of ketones is 1. The SMILES string of the molecule is C[C@]12CCC=CC1CC[C@@H]1[C@@H]2CC[C@]2(C)C(=O)CC[C@@H]12.